The maximum atomic E-state index is 11.3. The van der Waals surface area contributed by atoms with Crippen LogP contribution in [0, 0.1) is 0 Å². The van der Waals surface area contributed by atoms with E-state index in [1.54, 1.807) is 0 Å². The minimum Gasteiger partial charge on any atom is -0.445 e. The smallest absolute Gasteiger partial charge is 0.407 e. The number of amides is 1. The van der Waals surface area contributed by atoms with Crippen LogP contribution in [0.1, 0.15) is 18.4 Å². The number of ether oxygens (including phenoxy) is 1. The van der Waals surface area contributed by atoms with Crippen molar-refractivity contribution in [1.29, 1.82) is 0 Å². The van der Waals surface area contributed by atoms with E-state index in [9.17, 15) is 4.79 Å². The highest BCUT2D eigenvalue weighted by molar-refractivity contribution is 5.67. The summed E-state index contributed by atoms with van der Waals surface area (Å²) >= 11 is 0. The van der Waals surface area contributed by atoms with Crippen LogP contribution in [-0.2, 0) is 11.3 Å². The average molecular weight is 248 g/mol. The summed E-state index contributed by atoms with van der Waals surface area (Å²) in [5.74, 6) is 0. The molecule has 1 aromatic carbocycles. The maximum Gasteiger partial charge on any atom is 0.407 e. The molecule has 18 heavy (non-hydrogen) atoms. The number of benzene rings is 1. The zero-order valence-corrected chi connectivity index (χ0v) is 10.1. The van der Waals surface area contributed by atoms with Gasteiger partial charge < -0.3 is 10.1 Å². The van der Waals surface area contributed by atoms with Crippen molar-refractivity contribution in [2.24, 2.45) is 5.11 Å². The van der Waals surface area contributed by atoms with E-state index in [4.69, 9.17) is 10.3 Å². The first-order chi connectivity index (χ1) is 8.83. The number of unbranched alkanes of at least 4 members (excludes halogenated alkanes) is 1. The summed E-state index contributed by atoms with van der Waals surface area (Å²) in [4.78, 5) is 13.9. The summed E-state index contributed by atoms with van der Waals surface area (Å²) in [5, 5.41) is 6.03. The largest absolute Gasteiger partial charge is 0.445 e. The standard InChI is InChI=1S/C12H16N4O2/c13-16-15-9-5-4-8-14-12(17)18-10-11-6-2-1-3-7-11/h1-3,6-7H,4-5,8-10H2,(H,14,17). The van der Waals surface area contributed by atoms with Gasteiger partial charge in [0.25, 0.3) is 0 Å². The van der Waals surface area contributed by atoms with E-state index >= 15 is 0 Å². The van der Waals surface area contributed by atoms with Crippen LogP contribution < -0.4 is 5.32 Å². The van der Waals surface area contributed by atoms with Crippen LogP contribution in [0.25, 0.3) is 10.4 Å². The molecule has 0 aliphatic rings. The van der Waals surface area contributed by atoms with Gasteiger partial charge in [-0.2, -0.15) is 0 Å². The first-order valence-electron chi connectivity index (χ1n) is 5.78. The maximum absolute atomic E-state index is 11.3. The molecule has 0 unspecified atom stereocenters. The average Bonchev–Trinajstić information content (AvgIpc) is 2.41. The molecule has 1 amide bonds. The zero-order valence-electron chi connectivity index (χ0n) is 10.1. The van der Waals surface area contributed by atoms with E-state index in [2.05, 4.69) is 15.3 Å². The fourth-order valence-corrected chi connectivity index (χ4v) is 1.32. The Hall–Kier alpha value is -2.20. The number of rotatable bonds is 7. The SMILES string of the molecule is [N-]=[N+]=NCCCCNC(=O)OCc1ccccc1. The quantitative estimate of drug-likeness (QED) is 0.348. The molecule has 0 fully saturated rings. The highest BCUT2D eigenvalue weighted by Crippen LogP contribution is 2.00. The second-order valence-corrected chi connectivity index (χ2v) is 3.65. The number of alkyl carbamates (subject to hydrolysis) is 1. The molecule has 0 atom stereocenters. The van der Waals surface area contributed by atoms with Gasteiger partial charge in [-0.05, 0) is 23.9 Å². The number of carbonyl (C=O) groups is 1. The van der Waals surface area contributed by atoms with Gasteiger partial charge in [0.2, 0.25) is 0 Å². The molecule has 1 N–H and O–H groups in total. The van der Waals surface area contributed by atoms with Gasteiger partial charge in [0.15, 0.2) is 0 Å². The summed E-state index contributed by atoms with van der Waals surface area (Å²) in [6.45, 7) is 1.25. The minimum absolute atomic E-state index is 0.269. The normalized spacial score (nSPS) is 9.33. The Morgan fingerprint density at radius 3 is 2.83 bits per heavy atom. The third-order valence-electron chi connectivity index (χ3n) is 2.23. The number of nitrogens with zero attached hydrogens (tertiary/aromatic N) is 3. The fourth-order valence-electron chi connectivity index (χ4n) is 1.32. The van der Waals surface area contributed by atoms with Crippen LogP contribution in [0.5, 0.6) is 0 Å². The lowest BCUT2D eigenvalue weighted by Crippen LogP contribution is -2.25. The van der Waals surface area contributed by atoms with Crippen LogP contribution in [0.2, 0.25) is 0 Å². The molecule has 6 heteroatoms. The minimum atomic E-state index is -0.428. The van der Waals surface area contributed by atoms with Gasteiger partial charge in [0.1, 0.15) is 6.61 Å². The van der Waals surface area contributed by atoms with Crippen LogP contribution >= 0.6 is 0 Å². The van der Waals surface area contributed by atoms with E-state index in [1.807, 2.05) is 30.3 Å². The van der Waals surface area contributed by atoms with Crippen molar-refractivity contribution in [1.82, 2.24) is 5.32 Å². The Balaban J connectivity index is 2.05. The van der Waals surface area contributed by atoms with Gasteiger partial charge in [-0.15, -0.1) is 0 Å². The van der Waals surface area contributed by atoms with Gasteiger partial charge in [-0.3, -0.25) is 0 Å². The van der Waals surface area contributed by atoms with Gasteiger partial charge >= 0.3 is 6.09 Å². The lowest BCUT2D eigenvalue weighted by Gasteiger charge is -2.06. The van der Waals surface area contributed by atoms with E-state index in [1.165, 1.54) is 0 Å². The Kier molecular flexibility index (Phi) is 6.85. The summed E-state index contributed by atoms with van der Waals surface area (Å²) in [5.41, 5.74) is 9.01. The van der Waals surface area contributed by atoms with Crippen LogP contribution in [0.4, 0.5) is 4.79 Å². The Morgan fingerprint density at radius 2 is 2.11 bits per heavy atom. The molecule has 0 heterocycles. The van der Waals surface area contributed by atoms with E-state index < -0.39 is 6.09 Å². The molecule has 0 bridgehead atoms. The van der Waals surface area contributed by atoms with Gasteiger partial charge in [-0.1, -0.05) is 35.4 Å². The summed E-state index contributed by atoms with van der Waals surface area (Å²) in [7, 11) is 0. The number of hydrogen-bond donors (Lipinski definition) is 1. The summed E-state index contributed by atoms with van der Waals surface area (Å²) in [6.07, 6.45) is 1.09. The molecule has 0 aliphatic carbocycles. The molecule has 0 spiro atoms. The molecule has 0 saturated heterocycles. The lowest BCUT2D eigenvalue weighted by molar-refractivity contribution is 0.139. The van der Waals surface area contributed by atoms with Crippen LogP contribution in [0.3, 0.4) is 0 Å². The third-order valence-corrected chi connectivity index (χ3v) is 2.23. The van der Waals surface area contributed by atoms with Gasteiger partial charge in [-0.25, -0.2) is 4.79 Å². The molecule has 0 aromatic heterocycles. The van der Waals surface area contributed by atoms with Crippen LogP contribution in [0.15, 0.2) is 35.4 Å². The summed E-state index contributed by atoms with van der Waals surface area (Å²) in [6, 6.07) is 9.49. The number of azide groups is 1. The molecule has 1 rings (SSSR count). The highest BCUT2D eigenvalue weighted by atomic mass is 16.5. The van der Waals surface area contributed by atoms with Gasteiger partial charge in [0.05, 0.1) is 0 Å². The summed E-state index contributed by atoms with van der Waals surface area (Å²) < 4.78 is 5.02. The van der Waals surface area contributed by atoms with Crippen molar-refractivity contribution in [2.75, 3.05) is 13.1 Å². The van der Waals surface area contributed by atoms with E-state index in [0.29, 0.717) is 13.1 Å². The predicted molar refractivity (Wildman–Crippen MR) is 67.9 cm³/mol. The van der Waals surface area contributed by atoms with Crippen molar-refractivity contribution >= 4 is 6.09 Å². The lowest BCUT2D eigenvalue weighted by atomic mass is 10.2. The van der Waals surface area contributed by atoms with Gasteiger partial charge in [0, 0.05) is 18.0 Å². The number of hydrogen-bond acceptors (Lipinski definition) is 3. The van der Waals surface area contributed by atoms with E-state index in [-0.39, 0.29) is 6.61 Å². The topological polar surface area (TPSA) is 87.1 Å². The second-order valence-electron chi connectivity index (χ2n) is 3.65. The third kappa shape index (κ3) is 6.40. The molecular weight excluding hydrogens is 232 g/mol. The highest BCUT2D eigenvalue weighted by Gasteiger charge is 2.00. The molecule has 0 aliphatic heterocycles. The Labute approximate surface area is 106 Å². The monoisotopic (exact) mass is 248 g/mol. The number of nitrogens with one attached hydrogen (secondary N) is 1. The first kappa shape index (κ1) is 13.9. The molecule has 0 saturated carbocycles. The predicted octanol–water partition coefficient (Wildman–Crippen LogP) is 3.00. The van der Waals surface area contributed by atoms with E-state index in [0.717, 1.165) is 18.4 Å². The zero-order chi connectivity index (χ0) is 13.1. The van der Waals surface area contributed by atoms with Crippen molar-refractivity contribution in [3.63, 3.8) is 0 Å². The second kappa shape index (κ2) is 8.90. The van der Waals surface area contributed by atoms with Crippen molar-refractivity contribution < 1.29 is 9.53 Å². The fraction of sp³-hybridized carbons (Fsp3) is 0.417. The Morgan fingerprint density at radius 1 is 1.33 bits per heavy atom. The van der Waals surface area contributed by atoms with Crippen molar-refractivity contribution in [3.8, 4) is 0 Å². The van der Waals surface area contributed by atoms with Crippen molar-refractivity contribution in [3.05, 3.63) is 46.3 Å². The molecule has 1 aromatic rings. The molecule has 6 nitrogen and oxygen atoms in total. The number of carbonyl (C=O) groups excluding carboxylic acids is 1. The molecule has 0 radical (unpaired) electrons. The first-order valence-corrected chi connectivity index (χ1v) is 5.78. The molecular formula is C12H16N4O2. The van der Waals surface area contributed by atoms with Crippen LogP contribution in [-0.4, -0.2) is 19.2 Å². The van der Waals surface area contributed by atoms with Crippen molar-refractivity contribution in [2.45, 2.75) is 19.4 Å². The Bertz CT molecular complexity index is 402. The molecule has 96 valence electrons.